The maximum atomic E-state index is 11.8. The van der Waals surface area contributed by atoms with Gasteiger partial charge >= 0.3 is 0 Å². The van der Waals surface area contributed by atoms with E-state index in [1.807, 2.05) is 30.3 Å². The molecule has 1 atom stereocenters. The Morgan fingerprint density at radius 2 is 2.00 bits per heavy atom. The first kappa shape index (κ1) is 14.2. The Labute approximate surface area is 126 Å². The van der Waals surface area contributed by atoms with Crippen molar-refractivity contribution in [2.24, 2.45) is 5.14 Å². The zero-order chi connectivity index (χ0) is 15.0. The normalized spacial score (nSPS) is 18.7. The van der Waals surface area contributed by atoms with Crippen LogP contribution in [-0.4, -0.2) is 25.9 Å². The summed E-state index contributed by atoms with van der Waals surface area (Å²) in [7, 11) is -3.91. The number of amides is 1. The van der Waals surface area contributed by atoms with Crippen molar-refractivity contribution < 1.29 is 13.2 Å². The average Bonchev–Trinajstić information content (AvgIpc) is 3.05. The molecule has 2 aromatic rings. The molecule has 1 saturated heterocycles. The van der Waals surface area contributed by atoms with Crippen LogP contribution in [0.3, 0.4) is 0 Å². The number of hydrogen-bond donors (Lipinski definition) is 2. The highest BCUT2D eigenvalue weighted by molar-refractivity contribution is 7.91. The number of aromatic nitrogens is 1. The highest BCUT2D eigenvalue weighted by Crippen LogP contribution is 2.36. The molecular weight excluding hydrogens is 310 g/mol. The number of carbonyl (C=O) groups excluding carboxylic acids is 1. The number of sulfonamides is 1. The van der Waals surface area contributed by atoms with E-state index in [0.717, 1.165) is 16.9 Å². The summed E-state index contributed by atoms with van der Waals surface area (Å²) in [5.74, 6) is -0.753. The van der Waals surface area contributed by atoms with Crippen LogP contribution in [0, 0.1) is 0 Å². The minimum absolute atomic E-state index is 0.0246. The fourth-order valence-corrected chi connectivity index (χ4v) is 4.35. The predicted molar refractivity (Wildman–Crippen MR) is 79.3 cm³/mol. The first-order valence-corrected chi connectivity index (χ1v) is 8.70. The molecule has 1 fully saturated rings. The monoisotopic (exact) mass is 323 g/mol. The number of nitrogens with two attached hydrogens (primary N) is 1. The van der Waals surface area contributed by atoms with Crippen LogP contribution in [0.5, 0.6) is 0 Å². The zero-order valence-electron chi connectivity index (χ0n) is 10.9. The zero-order valence-corrected chi connectivity index (χ0v) is 12.6. The Hall–Kier alpha value is -1.77. The Morgan fingerprint density at radius 1 is 1.29 bits per heavy atom. The molecule has 0 saturated carbocycles. The van der Waals surface area contributed by atoms with Crippen LogP contribution in [-0.2, 0) is 14.8 Å². The smallest absolute Gasteiger partial charge is 0.249 e. The van der Waals surface area contributed by atoms with Crippen molar-refractivity contribution in [1.82, 2.24) is 10.3 Å². The van der Waals surface area contributed by atoms with Crippen molar-refractivity contribution in [1.29, 1.82) is 0 Å². The fraction of sp³-hybridized carbons (Fsp3) is 0.231. The van der Waals surface area contributed by atoms with Gasteiger partial charge in [-0.25, -0.2) is 18.5 Å². The molecule has 0 aliphatic carbocycles. The summed E-state index contributed by atoms with van der Waals surface area (Å²) >= 11 is 1.00. The third-order valence-electron chi connectivity index (χ3n) is 3.28. The average molecular weight is 323 g/mol. The van der Waals surface area contributed by atoms with Gasteiger partial charge in [-0.2, -0.15) is 0 Å². The predicted octanol–water partition coefficient (Wildman–Crippen LogP) is 1.06. The number of nitrogens with zero attached hydrogens (tertiary/aromatic N) is 1. The Morgan fingerprint density at radius 3 is 2.57 bits per heavy atom. The Kier molecular flexibility index (Phi) is 3.52. The molecule has 8 heteroatoms. The second kappa shape index (κ2) is 5.21. The fourth-order valence-electron chi connectivity index (χ4n) is 2.30. The lowest BCUT2D eigenvalue weighted by Crippen LogP contribution is -2.20. The minimum atomic E-state index is -3.91. The summed E-state index contributed by atoms with van der Waals surface area (Å²) in [4.78, 5) is 16.2. The first-order chi connectivity index (χ1) is 9.97. The molecule has 1 aromatic heterocycles. The number of hydrogen-bond acceptors (Lipinski definition) is 5. The third-order valence-corrected chi connectivity index (χ3v) is 5.87. The Balaban J connectivity index is 2.14. The molecule has 1 aliphatic rings. The maximum absolute atomic E-state index is 11.8. The molecule has 2 heterocycles. The van der Waals surface area contributed by atoms with Crippen molar-refractivity contribution in [3.8, 4) is 10.6 Å². The molecule has 1 amide bonds. The lowest BCUT2D eigenvalue weighted by atomic mass is 10.1. The van der Waals surface area contributed by atoms with Crippen LogP contribution in [0.1, 0.15) is 18.0 Å². The van der Waals surface area contributed by atoms with Gasteiger partial charge in [0, 0.05) is 12.1 Å². The topological polar surface area (TPSA) is 102 Å². The molecule has 3 rings (SSSR count). The van der Waals surface area contributed by atoms with Gasteiger partial charge in [-0.15, -0.1) is 11.3 Å². The minimum Gasteiger partial charge on any atom is -0.355 e. The molecule has 3 N–H and O–H groups in total. The largest absolute Gasteiger partial charge is 0.355 e. The van der Waals surface area contributed by atoms with Crippen LogP contribution in [0.2, 0.25) is 0 Å². The first-order valence-electron chi connectivity index (χ1n) is 6.33. The molecule has 21 heavy (non-hydrogen) atoms. The molecule has 1 aromatic carbocycles. The summed E-state index contributed by atoms with van der Waals surface area (Å²) in [6, 6.07) is 9.22. The summed E-state index contributed by atoms with van der Waals surface area (Å²) in [6.45, 7) is 0.520. The molecule has 0 radical (unpaired) electrons. The van der Waals surface area contributed by atoms with Crippen molar-refractivity contribution in [2.75, 3.05) is 6.54 Å². The highest BCUT2D eigenvalue weighted by Gasteiger charge is 2.34. The van der Waals surface area contributed by atoms with E-state index < -0.39 is 15.9 Å². The number of rotatable bonds is 3. The van der Waals surface area contributed by atoms with Gasteiger partial charge in [0.2, 0.25) is 15.9 Å². The van der Waals surface area contributed by atoms with Gasteiger partial charge in [-0.1, -0.05) is 30.3 Å². The van der Waals surface area contributed by atoms with Gasteiger partial charge < -0.3 is 5.32 Å². The molecular formula is C13H13N3O3S2. The highest BCUT2D eigenvalue weighted by atomic mass is 32.2. The van der Waals surface area contributed by atoms with E-state index >= 15 is 0 Å². The molecule has 1 unspecified atom stereocenters. The summed E-state index contributed by atoms with van der Waals surface area (Å²) in [6.07, 6.45) is 0.527. The van der Waals surface area contributed by atoms with Crippen LogP contribution in [0.4, 0.5) is 0 Å². The number of carbonyl (C=O) groups is 1. The standard InChI is InChI=1S/C13H13N3O3S2/c14-21(18,19)13-10(9-6-7-15-11(9)17)16-12(20-13)8-4-2-1-3-5-8/h1-5,9H,6-7H2,(H,15,17)(H2,14,18,19). The number of benzene rings is 1. The van der Waals surface area contributed by atoms with Crippen molar-refractivity contribution in [2.45, 2.75) is 16.5 Å². The molecule has 0 spiro atoms. The molecule has 1 aliphatic heterocycles. The van der Waals surface area contributed by atoms with Gasteiger partial charge in [-0.3, -0.25) is 4.79 Å². The van der Waals surface area contributed by atoms with Gasteiger partial charge in [-0.05, 0) is 6.42 Å². The van der Waals surface area contributed by atoms with Crippen LogP contribution >= 0.6 is 11.3 Å². The maximum Gasteiger partial charge on any atom is 0.249 e. The molecule has 110 valence electrons. The van der Waals surface area contributed by atoms with Crippen LogP contribution in [0.25, 0.3) is 10.6 Å². The van der Waals surface area contributed by atoms with Gasteiger partial charge in [0.15, 0.2) is 4.21 Å². The van der Waals surface area contributed by atoms with Gasteiger partial charge in [0.05, 0.1) is 11.6 Å². The van der Waals surface area contributed by atoms with Crippen molar-refractivity contribution >= 4 is 27.3 Å². The summed E-state index contributed by atoms with van der Waals surface area (Å²) < 4.78 is 23.5. The second-order valence-corrected chi connectivity index (χ2v) is 7.49. The van der Waals surface area contributed by atoms with E-state index in [9.17, 15) is 13.2 Å². The lowest BCUT2D eigenvalue weighted by molar-refractivity contribution is -0.120. The second-order valence-electron chi connectivity index (χ2n) is 4.74. The molecule has 0 bridgehead atoms. The lowest BCUT2D eigenvalue weighted by Gasteiger charge is -2.04. The number of primary sulfonamides is 1. The van der Waals surface area contributed by atoms with E-state index in [-0.39, 0.29) is 15.8 Å². The van der Waals surface area contributed by atoms with Crippen molar-refractivity contribution in [3.63, 3.8) is 0 Å². The summed E-state index contributed by atoms with van der Waals surface area (Å²) in [5, 5.41) is 8.51. The summed E-state index contributed by atoms with van der Waals surface area (Å²) in [5.41, 5.74) is 1.06. The van der Waals surface area contributed by atoms with E-state index in [1.165, 1.54) is 0 Å². The van der Waals surface area contributed by atoms with Gasteiger partial charge in [0.1, 0.15) is 5.01 Å². The van der Waals surface area contributed by atoms with E-state index in [1.54, 1.807) is 0 Å². The van der Waals surface area contributed by atoms with E-state index in [2.05, 4.69) is 10.3 Å². The van der Waals surface area contributed by atoms with E-state index in [0.29, 0.717) is 18.0 Å². The van der Waals surface area contributed by atoms with E-state index in [4.69, 9.17) is 5.14 Å². The van der Waals surface area contributed by atoms with Crippen LogP contribution < -0.4 is 10.5 Å². The number of thiazole rings is 1. The number of nitrogens with one attached hydrogen (secondary N) is 1. The molecule has 6 nitrogen and oxygen atoms in total. The van der Waals surface area contributed by atoms with Gasteiger partial charge in [0.25, 0.3) is 0 Å². The SMILES string of the molecule is NS(=O)(=O)c1sc(-c2ccccc2)nc1C1CCNC1=O. The third kappa shape index (κ3) is 2.69. The van der Waals surface area contributed by atoms with Crippen molar-refractivity contribution in [3.05, 3.63) is 36.0 Å². The Bertz CT molecular complexity index is 784. The quantitative estimate of drug-likeness (QED) is 0.881. The van der Waals surface area contributed by atoms with Crippen LogP contribution in [0.15, 0.2) is 34.5 Å².